The number of benzene rings is 2. The van der Waals surface area contributed by atoms with Crippen molar-refractivity contribution in [2.24, 2.45) is 24.8 Å². The Balaban J connectivity index is 0.845. The predicted octanol–water partition coefficient (Wildman–Crippen LogP) is 5.27. The number of carbonyl (C=O) groups is 3. The number of imide groups is 1. The van der Waals surface area contributed by atoms with Gasteiger partial charge in [0.15, 0.2) is 0 Å². The van der Waals surface area contributed by atoms with Crippen LogP contribution in [0.3, 0.4) is 0 Å². The first-order chi connectivity index (χ1) is 30.5. The van der Waals surface area contributed by atoms with Crippen LogP contribution in [-0.4, -0.2) is 113 Å². The maximum atomic E-state index is 15.3. The number of aromatic nitrogens is 5. The zero-order chi connectivity index (χ0) is 43.5. The average molecular weight is 863 g/mol. The predicted molar refractivity (Wildman–Crippen MR) is 232 cm³/mol. The Morgan fingerprint density at radius 3 is 2.49 bits per heavy atom. The van der Waals surface area contributed by atoms with Crippen LogP contribution in [0.5, 0.6) is 5.88 Å². The number of carbonyl (C=O) groups excluding carboxylic acids is 3. The lowest BCUT2D eigenvalue weighted by atomic mass is 9.89. The van der Waals surface area contributed by atoms with Crippen LogP contribution < -0.4 is 25.2 Å². The Labute approximate surface area is 363 Å². The summed E-state index contributed by atoms with van der Waals surface area (Å²) in [5.41, 5.74) is 5.60. The number of hydrogen-bond acceptors (Lipinski definition) is 11. The number of halogens is 2. The third-order valence-electron chi connectivity index (χ3n) is 13.7. The number of rotatable bonds is 7. The first-order valence-corrected chi connectivity index (χ1v) is 22.0. The summed E-state index contributed by atoms with van der Waals surface area (Å²) in [6.45, 7) is 8.19. The fourth-order valence-electron chi connectivity index (χ4n) is 10.4. The zero-order valence-electron chi connectivity index (χ0n) is 35.8. The number of ether oxygens (including phenoxy) is 2. The van der Waals surface area contributed by atoms with E-state index < -0.39 is 29.4 Å². The van der Waals surface area contributed by atoms with E-state index in [0.29, 0.717) is 85.1 Å². The van der Waals surface area contributed by atoms with Gasteiger partial charge < -0.3 is 23.8 Å². The molecule has 15 nitrogen and oxygen atoms in total. The molecule has 4 bridgehead atoms. The van der Waals surface area contributed by atoms with Gasteiger partial charge in [-0.25, -0.2) is 18.4 Å². The molecule has 0 unspecified atom stereocenters. The molecular formula is C46H52F2N10O5. The van der Waals surface area contributed by atoms with Crippen LogP contribution in [0.4, 0.5) is 26.1 Å². The Morgan fingerprint density at radius 1 is 0.889 bits per heavy atom. The number of anilines is 3. The van der Waals surface area contributed by atoms with Crippen molar-refractivity contribution in [1.82, 2.24) is 34.5 Å². The number of piperazine rings is 1. The summed E-state index contributed by atoms with van der Waals surface area (Å²) in [5, 5.41) is 9.82. The molecule has 1 saturated carbocycles. The van der Waals surface area contributed by atoms with E-state index in [1.54, 1.807) is 30.1 Å². The third-order valence-corrected chi connectivity index (χ3v) is 13.7. The molecule has 1 aliphatic carbocycles. The van der Waals surface area contributed by atoms with Gasteiger partial charge in [0.05, 0.1) is 53.7 Å². The number of aryl methyl sites for hydroxylation is 2. The van der Waals surface area contributed by atoms with Gasteiger partial charge >= 0.3 is 0 Å². The minimum absolute atomic E-state index is 0.0488. The quantitative estimate of drug-likeness (QED) is 0.206. The first-order valence-electron chi connectivity index (χ1n) is 22.0. The van der Waals surface area contributed by atoms with Crippen molar-refractivity contribution in [3.63, 3.8) is 0 Å². The van der Waals surface area contributed by atoms with Crippen LogP contribution in [0, 0.1) is 36.3 Å². The van der Waals surface area contributed by atoms with E-state index in [-0.39, 0.29) is 30.4 Å². The Bertz CT molecular complexity index is 2580. The minimum atomic E-state index is -1.02. The number of nitrogens with one attached hydrogen (secondary N) is 2. The van der Waals surface area contributed by atoms with Gasteiger partial charge in [-0.15, -0.1) is 0 Å². The second-order valence-corrected chi connectivity index (χ2v) is 18.0. The first kappa shape index (κ1) is 41.1. The number of nitrogens with zero attached hydrogens (tertiary/aromatic N) is 8. The summed E-state index contributed by atoms with van der Waals surface area (Å²) < 4.78 is 46.7. The molecule has 2 N–H and O–H groups in total. The van der Waals surface area contributed by atoms with Gasteiger partial charge in [0.1, 0.15) is 11.6 Å². The van der Waals surface area contributed by atoms with Gasteiger partial charge in [-0.05, 0) is 86.9 Å². The number of piperidine rings is 1. The zero-order valence-corrected chi connectivity index (χ0v) is 35.8. The molecule has 0 spiro atoms. The molecule has 2 aromatic carbocycles. The lowest BCUT2D eigenvalue weighted by Crippen LogP contribution is -2.59. The van der Waals surface area contributed by atoms with Gasteiger partial charge in [-0.2, -0.15) is 5.10 Å². The molecule has 4 aliphatic heterocycles. The highest BCUT2D eigenvalue weighted by molar-refractivity contribution is 6.05. The highest BCUT2D eigenvalue weighted by Crippen LogP contribution is 2.38. The average Bonchev–Trinajstić information content (AvgIpc) is 3.95. The van der Waals surface area contributed by atoms with Crippen LogP contribution in [-0.2, 0) is 27.9 Å². The van der Waals surface area contributed by atoms with Crippen LogP contribution in [0.15, 0.2) is 48.7 Å². The molecule has 3 amide bonds. The van der Waals surface area contributed by atoms with Crippen molar-refractivity contribution in [3.05, 3.63) is 77.1 Å². The van der Waals surface area contributed by atoms with E-state index in [4.69, 9.17) is 19.4 Å². The molecule has 17 heteroatoms. The summed E-state index contributed by atoms with van der Waals surface area (Å²) in [5.74, 6) is -1.68. The Kier molecular flexibility index (Phi) is 10.9. The molecule has 4 fully saturated rings. The summed E-state index contributed by atoms with van der Waals surface area (Å²) in [7, 11) is 3.58. The molecule has 3 saturated heterocycles. The number of pyridine rings is 1. The van der Waals surface area contributed by atoms with Gasteiger partial charge in [0, 0.05) is 101 Å². The molecule has 4 atom stereocenters. The van der Waals surface area contributed by atoms with Crippen LogP contribution in [0.2, 0.25) is 0 Å². The molecule has 63 heavy (non-hydrogen) atoms. The van der Waals surface area contributed by atoms with Crippen molar-refractivity contribution in [2.75, 3.05) is 74.7 Å². The molecule has 330 valence electrons. The van der Waals surface area contributed by atoms with Gasteiger partial charge in [-0.1, -0.05) is 0 Å². The monoisotopic (exact) mass is 862 g/mol. The fourth-order valence-corrected chi connectivity index (χ4v) is 10.4. The highest BCUT2D eigenvalue weighted by atomic mass is 19.1. The largest absolute Gasteiger partial charge is 0.477 e. The summed E-state index contributed by atoms with van der Waals surface area (Å²) >= 11 is 0. The standard InChI is InChI=1S/C46H52F2N10O5/c1-26-12-30-14-39(50-26)35-18-49-54(2)45(35)63-24-28-5-4-27(13-28)22-58-40-17-31(6-8-38(40)51-46(58)53-43(30)60)56-11-10-55(33(23-56)25-62-3)19-29-20-57(21-29)32-15-36(47)42(37(48)16-32)34-7-9-41(59)52-44(34)61/h6,8,12,14-18,27-29,33-34H,4-5,7,9-11,13,19-25H2,1-3H3,(H,51,53,60)(H,52,59,61)/t27-,28+,33+,34-/m1/s1. The van der Waals surface area contributed by atoms with Crippen LogP contribution in [0.25, 0.3) is 22.3 Å². The second kappa shape index (κ2) is 16.6. The fraction of sp³-hybridized carbons (Fsp3) is 0.478. The number of fused-ring (bicyclic) bond motifs is 9. The van der Waals surface area contributed by atoms with Crippen molar-refractivity contribution >= 4 is 46.1 Å². The van der Waals surface area contributed by atoms with E-state index in [1.807, 2.05) is 24.9 Å². The Morgan fingerprint density at radius 2 is 1.70 bits per heavy atom. The van der Waals surface area contributed by atoms with E-state index in [1.165, 1.54) is 12.1 Å². The lowest BCUT2D eigenvalue weighted by molar-refractivity contribution is -0.134. The van der Waals surface area contributed by atoms with Gasteiger partial charge in [0.2, 0.25) is 23.6 Å². The Hall–Kier alpha value is -5.94. The van der Waals surface area contributed by atoms with Crippen LogP contribution >= 0.6 is 0 Å². The number of hydrogen-bond donors (Lipinski definition) is 2. The normalized spacial score (nSPS) is 23.3. The molecule has 0 radical (unpaired) electrons. The highest BCUT2D eigenvalue weighted by Gasteiger charge is 2.37. The minimum Gasteiger partial charge on any atom is -0.477 e. The van der Waals surface area contributed by atoms with Crippen LogP contribution in [0.1, 0.15) is 59.6 Å². The third kappa shape index (κ3) is 8.01. The second-order valence-electron chi connectivity index (χ2n) is 18.0. The van der Waals surface area contributed by atoms with Gasteiger partial charge in [-0.3, -0.25) is 34.9 Å². The van der Waals surface area contributed by atoms with E-state index in [0.717, 1.165) is 67.7 Å². The molecule has 5 aliphatic rings. The molecular weight excluding hydrogens is 811 g/mol. The van der Waals surface area contributed by atoms with E-state index in [2.05, 4.69) is 42.2 Å². The van der Waals surface area contributed by atoms with Crippen molar-refractivity contribution < 1.29 is 32.6 Å². The maximum Gasteiger partial charge on any atom is 0.258 e. The molecule has 10 rings (SSSR count). The van der Waals surface area contributed by atoms with Gasteiger partial charge in [0.25, 0.3) is 5.91 Å². The number of methoxy groups -OCH3 is 1. The smallest absolute Gasteiger partial charge is 0.258 e. The lowest BCUT2D eigenvalue weighted by Gasteiger charge is -2.47. The summed E-state index contributed by atoms with van der Waals surface area (Å²) in [6.07, 6.45) is 4.96. The number of imidazole rings is 1. The summed E-state index contributed by atoms with van der Waals surface area (Å²) in [6, 6.07) is 12.6. The maximum absolute atomic E-state index is 15.3. The number of amides is 3. The van der Waals surface area contributed by atoms with Crippen molar-refractivity contribution in [2.45, 2.75) is 57.5 Å². The van der Waals surface area contributed by atoms with E-state index >= 15 is 8.78 Å². The summed E-state index contributed by atoms with van der Waals surface area (Å²) in [4.78, 5) is 54.5. The van der Waals surface area contributed by atoms with Crippen molar-refractivity contribution in [3.8, 4) is 17.1 Å². The topological polar surface area (TPSA) is 152 Å². The van der Waals surface area contributed by atoms with E-state index in [9.17, 15) is 14.4 Å². The van der Waals surface area contributed by atoms with Crippen molar-refractivity contribution in [1.29, 1.82) is 0 Å². The SMILES string of the molecule is COC[C@@H]1CN(c2ccc3nc4n(c3c2)C[C@@H]2CC[C@H](COc3c(cnn3C)-c3cc(cc(C)n3)C(=O)N4)C2)CCN1CC1CN(c2cc(F)c([C@H]3CCC(=O)NC3=O)c(F)c2)C1. The molecule has 7 heterocycles. The molecule has 3 aromatic heterocycles. The molecule has 5 aromatic rings.